The first kappa shape index (κ1) is 25.6. The number of amides is 1. The molecule has 5 N–H and O–H groups in total. The van der Waals surface area contributed by atoms with Crippen molar-refractivity contribution < 1.29 is 27.8 Å². The summed E-state index contributed by atoms with van der Waals surface area (Å²) in [6.45, 7) is 5.15. The maximum Gasteiger partial charge on any atom is 0.217 e. The molecule has 1 aliphatic heterocycles. The summed E-state index contributed by atoms with van der Waals surface area (Å²) in [6.07, 6.45) is -0.223. The maximum absolute atomic E-state index is 13.6. The first-order valence-electron chi connectivity index (χ1n) is 11.0. The topological polar surface area (TPSA) is 102 Å². The molecule has 0 saturated heterocycles. The van der Waals surface area contributed by atoms with Crippen molar-refractivity contribution in [2.24, 2.45) is 0 Å². The molecule has 0 aliphatic carbocycles. The van der Waals surface area contributed by atoms with Crippen molar-refractivity contribution in [3.05, 3.63) is 70.3 Å². The Balaban J connectivity index is 1.80. The van der Waals surface area contributed by atoms with Gasteiger partial charge in [0.25, 0.3) is 0 Å². The minimum Gasteiger partial charge on any atom is -0.390 e. The molecule has 0 fully saturated rings. The average molecular weight is 483 g/mol. The normalized spacial score (nSPS) is 22.2. The number of benzene rings is 2. The molecule has 33 heavy (non-hydrogen) atoms. The van der Waals surface area contributed by atoms with E-state index in [1.165, 1.54) is 19.1 Å². The molecule has 1 amide bonds. The highest BCUT2D eigenvalue weighted by Gasteiger charge is 2.37. The second kappa shape index (κ2) is 10.5. The van der Waals surface area contributed by atoms with Crippen LogP contribution in [-0.2, 0) is 23.4 Å². The number of aryl methyl sites for hydroxylation is 1. The van der Waals surface area contributed by atoms with Gasteiger partial charge in [-0.25, -0.2) is 8.78 Å². The minimum absolute atomic E-state index is 0.0308. The molecule has 0 saturated carbocycles. The van der Waals surface area contributed by atoms with E-state index in [1.807, 2.05) is 25.1 Å². The van der Waals surface area contributed by atoms with Gasteiger partial charge in [-0.3, -0.25) is 13.9 Å². The SMILES string of the molecule is CCc1ccc2c(c1)C(NC[C@H](O)[C@H](Cc1cc(F)cc(F)c1)NC(C)=O)C(C)S(O)(O)C2. The fraction of sp³-hybridized carbons (Fsp3) is 0.458. The van der Waals surface area contributed by atoms with Gasteiger partial charge in [0.15, 0.2) is 0 Å². The van der Waals surface area contributed by atoms with Crippen LogP contribution in [-0.4, -0.2) is 44.1 Å². The molecule has 4 atom stereocenters. The lowest BCUT2D eigenvalue weighted by Crippen LogP contribution is -2.50. The Labute approximate surface area is 194 Å². The van der Waals surface area contributed by atoms with E-state index in [4.69, 9.17) is 0 Å². The van der Waals surface area contributed by atoms with E-state index in [0.29, 0.717) is 5.56 Å². The number of carbonyl (C=O) groups is 1. The van der Waals surface area contributed by atoms with Gasteiger partial charge < -0.3 is 15.7 Å². The Hall–Kier alpha value is -2.04. The Bertz CT molecular complexity index is 984. The van der Waals surface area contributed by atoms with Crippen molar-refractivity contribution in [3.8, 4) is 0 Å². The second-order valence-corrected chi connectivity index (χ2v) is 11.2. The second-order valence-electron chi connectivity index (χ2n) is 8.70. The zero-order chi connectivity index (χ0) is 24.3. The van der Waals surface area contributed by atoms with E-state index in [9.17, 15) is 27.8 Å². The summed E-state index contributed by atoms with van der Waals surface area (Å²) < 4.78 is 48.5. The molecule has 1 aliphatic rings. The molecule has 0 radical (unpaired) electrons. The van der Waals surface area contributed by atoms with Gasteiger partial charge in [-0.1, -0.05) is 25.1 Å². The number of carbonyl (C=O) groups excluding carboxylic acids is 1. The van der Waals surface area contributed by atoms with E-state index in [1.54, 1.807) is 6.92 Å². The minimum atomic E-state index is -2.89. The molecule has 0 spiro atoms. The Kier molecular flexibility index (Phi) is 8.13. The molecular weight excluding hydrogens is 450 g/mol. The number of aliphatic hydroxyl groups excluding tert-OH is 1. The molecule has 2 unspecified atom stereocenters. The maximum atomic E-state index is 13.6. The van der Waals surface area contributed by atoms with E-state index < -0.39 is 45.7 Å². The number of fused-ring (bicyclic) bond motifs is 1. The highest BCUT2D eigenvalue weighted by Crippen LogP contribution is 2.56. The van der Waals surface area contributed by atoms with Gasteiger partial charge in [0, 0.05) is 19.5 Å². The van der Waals surface area contributed by atoms with Crippen LogP contribution in [0.5, 0.6) is 0 Å². The quantitative estimate of drug-likeness (QED) is 0.393. The molecule has 0 aromatic heterocycles. The first-order valence-corrected chi connectivity index (χ1v) is 12.8. The van der Waals surface area contributed by atoms with Crippen LogP contribution in [0.4, 0.5) is 8.78 Å². The monoisotopic (exact) mass is 482 g/mol. The van der Waals surface area contributed by atoms with Crippen molar-refractivity contribution in [1.82, 2.24) is 10.6 Å². The molecular formula is C24H32F2N2O4S. The van der Waals surface area contributed by atoms with Gasteiger partial charge in [-0.2, -0.15) is 10.6 Å². The Morgan fingerprint density at radius 2 is 1.82 bits per heavy atom. The fourth-order valence-electron chi connectivity index (χ4n) is 4.31. The number of aliphatic hydroxyl groups is 1. The van der Waals surface area contributed by atoms with Crippen molar-refractivity contribution in [1.29, 1.82) is 0 Å². The Morgan fingerprint density at radius 3 is 2.42 bits per heavy atom. The van der Waals surface area contributed by atoms with Crippen LogP contribution >= 0.6 is 10.6 Å². The Morgan fingerprint density at radius 1 is 1.15 bits per heavy atom. The summed E-state index contributed by atoms with van der Waals surface area (Å²) in [7, 11) is -2.89. The number of hydrogen-bond acceptors (Lipinski definition) is 5. The lowest BCUT2D eigenvalue weighted by atomic mass is 9.94. The van der Waals surface area contributed by atoms with Crippen LogP contribution in [0.15, 0.2) is 36.4 Å². The van der Waals surface area contributed by atoms with Crippen LogP contribution in [0.3, 0.4) is 0 Å². The van der Waals surface area contributed by atoms with Crippen molar-refractivity contribution >= 4 is 16.5 Å². The number of rotatable bonds is 8. The summed E-state index contributed by atoms with van der Waals surface area (Å²) in [5.74, 6) is -1.66. The third kappa shape index (κ3) is 6.30. The molecule has 3 rings (SSSR count). The molecule has 6 nitrogen and oxygen atoms in total. The molecule has 0 bridgehead atoms. The predicted octanol–water partition coefficient (Wildman–Crippen LogP) is 3.92. The summed E-state index contributed by atoms with van der Waals surface area (Å²) in [5.41, 5.74) is 3.24. The smallest absolute Gasteiger partial charge is 0.217 e. The van der Waals surface area contributed by atoms with Gasteiger partial charge >= 0.3 is 0 Å². The zero-order valence-electron chi connectivity index (χ0n) is 19.0. The third-order valence-corrected chi connectivity index (χ3v) is 8.36. The van der Waals surface area contributed by atoms with Gasteiger partial charge in [0.1, 0.15) is 11.6 Å². The predicted molar refractivity (Wildman–Crippen MR) is 126 cm³/mol. The van der Waals surface area contributed by atoms with Gasteiger partial charge in [0.05, 0.1) is 29.2 Å². The highest BCUT2D eigenvalue weighted by molar-refractivity contribution is 8.24. The summed E-state index contributed by atoms with van der Waals surface area (Å²) in [6, 6.07) is 7.82. The largest absolute Gasteiger partial charge is 0.390 e. The molecule has 2 aromatic carbocycles. The van der Waals surface area contributed by atoms with E-state index >= 15 is 0 Å². The van der Waals surface area contributed by atoms with Crippen molar-refractivity contribution in [3.63, 3.8) is 0 Å². The van der Waals surface area contributed by atoms with Crippen LogP contribution in [0.2, 0.25) is 0 Å². The summed E-state index contributed by atoms with van der Waals surface area (Å²) in [4.78, 5) is 11.7. The van der Waals surface area contributed by atoms with Crippen molar-refractivity contribution in [2.75, 3.05) is 6.54 Å². The standard InChI is InChI=1S/C24H32F2N2O4S/c1-4-16-5-6-18-13-33(31,32)14(2)24(21(18)9-16)27-12-23(30)22(28-15(3)29)10-17-7-19(25)11-20(26)8-17/h5-9,11,14,22-24,27,30-32H,4,10,12-13H2,1-3H3,(H,28,29)/t14?,22-,23-,24?/m0/s1. The third-order valence-electron chi connectivity index (χ3n) is 6.16. The lowest BCUT2D eigenvalue weighted by molar-refractivity contribution is -0.120. The highest BCUT2D eigenvalue weighted by atomic mass is 32.3. The van der Waals surface area contributed by atoms with Gasteiger partial charge in [0.2, 0.25) is 5.91 Å². The summed E-state index contributed by atoms with van der Waals surface area (Å²) >= 11 is 0. The van der Waals surface area contributed by atoms with Crippen LogP contribution < -0.4 is 10.6 Å². The number of nitrogens with one attached hydrogen (secondary N) is 2. The van der Waals surface area contributed by atoms with Gasteiger partial charge in [-0.15, -0.1) is 0 Å². The van der Waals surface area contributed by atoms with Crippen LogP contribution in [0, 0.1) is 11.6 Å². The molecule has 9 heteroatoms. The average Bonchev–Trinajstić information content (AvgIpc) is 2.72. The van der Waals surface area contributed by atoms with Crippen LogP contribution in [0.25, 0.3) is 0 Å². The van der Waals surface area contributed by atoms with E-state index in [2.05, 4.69) is 10.6 Å². The van der Waals surface area contributed by atoms with Gasteiger partial charge in [-0.05, 0) is 54.2 Å². The number of halogens is 2. The molecule has 1 heterocycles. The van der Waals surface area contributed by atoms with Crippen LogP contribution in [0.1, 0.15) is 49.1 Å². The lowest BCUT2D eigenvalue weighted by Gasteiger charge is -2.47. The molecule has 2 aromatic rings. The van der Waals surface area contributed by atoms with Crippen molar-refractivity contribution in [2.45, 2.75) is 62.8 Å². The number of hydrogen-bond donors (Lipinski definition) is 5. The van der Waals surface area contributed by atoms with E-state index in [-0.39, 0.29) is 24.6 Å². The summed E-state index contributed by atoms with van der Waals surface area (Å²) in [5, 5.41) is 16.3. The first-order chi connectivity index (χ1) is 15.5. The zero-order valence-corrected chi connectivity index (χ0v) is 19.8. The van der Waals surface area contributed by atoms with E-state index in [0.717, 1.165) is 29.2 Å². The fourth-order valence-corrected chi connectivity index (χ4v) is 5.97. The molecule has 182 valence electrons.